The molecule has 1 aliphatic heterocycles. The van der Waals surface area contributed by atoms with Gasteiger partial charge in [0, 0.05) is 19.3 Å². The van der Waals surface area contributed by atoms with Crippen LogP contribution in [0.1, 0.15) is 43.2 Å². The maximum absolute atomic E-state index is 10.5. The number of hydrogen-bond donors (Lipinski definition) is 0. The molecule has 0 radical (unpaired) electrons. The summed E-state index contributed by atoms with van der Waals surface area (Å²) in [6.07, 6.45) is 6.26. The summed E-state index contributed by atoms with van der Waals surface area (Å²) in [4.78, 5) is 0. The van der Waals surface area contributed by atoms with Gasteiger partial charge in [0.2, 0.25) is 0 Å². The average molecular weight is 472 g/mol. The second kappa shape index (κ2) is 7.93. The van der Waals surface area contributed by atoms with Gasteiger partial charge in [-0.1, -0.05) is 60.7 Å². The molecule has 2 aromatic rings. The molecule has 0 N–H and O–H groups in total. The van der Waals surface area contributed by atoms with Crippen LogP contribution < -0.4 is 24.0 Å². The Morgan fingerprint density at radius 3 is 2.00 bits per heavy atom. The molecule has 27 heavy (non-hydrogen) atoms. The second-order valence-corrected chi connectivity index (χ2v) is 8.80. The van der Waals surface area contributed by atoms with Crippen molar-refractivity contribution in [2.75, 3.05) is 14.1 Å². The van der Waals surface area contributed by atoms with Crippen LogP contribution in [0, 0.1) is 17.2 Å². The summed E-state index contributed by atoms with van der Waals surface area (Å²) in [6.45, 7) is 0. The van der Waals surface area contributed by atoms with Crippen LogP contribution in [0.4, 0.5) is 0 Å². The molecule has 0 amide bonds. The van der Waals surface area contributed by atoms with Crippen molar-refractivity contribution >= 4 is 0 Å². The molecule has 4 rings (SSSR count). The van der Waals surface area contributed by atoms with Crippen molar-refractivity contribution in [2.24, 2.45) is 5.92 Å². The van der Waals surface area contributed by atoms with Crippen LogP contribution in [-0.4, -0.2) is 30.7 Å². The third kappa shape index (κ3) is 3.54. The lowest BCUT2D eigenvalue weighted by atomic mass is 9.69. The van der Waals surface area contributed by atoms with Crippen LogP contribution in [0.2, 0.25) is 0 Å². The molecule has 2 aliphatic rings. The Labute approximate surface area is 180 Å². The first-order valence-corrected chi connectivity index (χ1v) is 9.92. The van der Waals surface area contributed by atoms with Gasteiger partial charge in [-0.05, 0) is 29.9 Å². The number of piperidine rings is 1. The van der Waals surface area contributed by atoms with Crippen molar-refractivity contribution in [3.05, 3.63) is 71.8 Å². The molecule has 2 nitrogen and oxygen atoms in total. The van der Waals surface area contributed by atoms with Gasteiger partial charge in [0.1, 0.15) is 5.41 Å². The summed E-state index contributed by atoms with van der Waals surface area (Å²) < 4.78 is 1.07. The van der Waals surface area contributed by atoms with Gasteiger partial charge < -0.3 is 28.5 Å². The van der Waals surface area contributed by atoms with E-state index in [-0.39, 0.29) is 24.0 Å². The number of nitriles is 1. The highest BCUT2D eigenvalue weighted by Crippen LogP contribution is 2.47. The molecule has 2 fully saturated rings. The molecule has 3 atom stereocenters. The molecule has 3 heteroatoms. The number of likely N-dealkylation sites (tertiary alicyclic amines) is 1. The summed E-state index contributed by atoms with van der Waals surface area (Å²) in [5, 5.41) is 10.5. The minimum absolute atomic E-state index is 0. The summed E-state index contributed by atoms with van der Waals surface area (Å²) in [5.41, 5.74) is 1.69. The zero-order valence-corrected chi connectivity index (χ0v) is 18.5. The van der Waals surface area contributed by atoms with E-state index in [4.69, 9.17) is 0 Å². The Kier molecular flexibility index (Phi) is 5.98. The molecule has 1 saturated carbocycles. The maximum Gasteiger partial charge on any atom is 0.113 e. The number of halogens is 1. The van der Waals surface area contributed by atoms with Gasteiger partial charge in [0.15, 0.2) is 0 Å². The Hall–Kier alpha value is -1.38. The maximum atomic E-state index is 10.5. The predicted octanol–water partition coefficient (Wildman–Crippen LogP) is 1.91. The Bertz CT molecular complexity index is 755. The van der Waals surface area contributed by atoms with Gasteiger partial charge in [0.25, 0.3) is 0 Å². The van der Waals surface area contributed by atoms with Crippen LogP contribution in [-0.2, 0) is 5.41 Å². The number of quaternary nitrogens is 1. The first-order valence-electron chi connectivity index (χ1n) is 9.92. The number of nitrogens with zero attached hydrogens (tertiary/aromatic N) is 2. The zero-order chi connectivity index (χ0) is 18.2. The van der Waals surface area contributed by atoms with Gasteiger partial charge >= 0.3 is 0 Å². The molecule has 1 saturated heterocycles. The average Bonchev–Trinajstić information content (AvgIpc) is 3.12. The van der Waals surface area contributed by atoms with Crippen molar-refractivity contribution in [1.82, 2.24) is 0 Å². The monoisotopic (exact) mass is 472 g/mol. The first-order chi connectivity index (χ1) is 12.6. The van der Waals surface area contributed by atoms with Crippen LogP contribution in [0.25, 0.3) is 0 Å². The van der Waals surface area contributed by atoms with Gasteiger partial charge in [-0.15, -0.1) is 0 Å². The predicted molar refractivity (Wildman–Crippen MR) is 106 cm³/mol. The van der Waals surface area contributed by atoms with Crippen LogP contribution in [0.3, 0.4) is 0 Å². The van der Waals surface area contributed by atoms with Crippen molar-refractivity contribution in [1.29, 1.82) is 5.26 Å². The van der Waals surface area contributed by atoms with E-state index in [0.717, 1.165) is 34.0 Å². The first kappa shape index (κ1) is 20.4. The van der Waals surface area contributed by atoms with E-state index in [1.54, 1.807) is 0 Å². The smallest absolute Gasteiger partial charge is 0.113 e. The summed E-state index contributed by atoms with van der Waals surface area (Å²) in [7, 11) is 4.80. The van der Waals surface area contributed by atoms with Gasteiger partial charge in [-0.2, -0.15) is 5.26 Å². The Morgan fingerprint density at radius 2 is 1.48 bits per heavy atom. The lowest BCUT2D eigenvalue weighted by Crippen LogP contribution is -3.00. The number of fused-ring (bicyclic) bond motifs is 2. The molecular formula is C24H29IN2. The fraction of sp³-hybridized carbons (Fsp3) is 0.458. The minimum atomic E-state index is -0.570. The summed E-state index contributed by atoms with van der Waals surface area (Å²) in [5.74, 6) is 0.860. The number of benzene rings is 2. The van der Waals surface area contributed by atoms with Gasteiger partial charge in [-0.3, -0.25) is 0 Å². The van der Waals surface area contributed by atoms with Crippen LogP contribution >= 0.6 is 0 Å². The molecule has 0 aromatic heterocycles. The third-order valence-corrected chi connectivity index (χ3v) is 7.27. The molecular weight excluding hydrogens is 443 g/mol. The van der Waals surface area contributed by atoms with E-state index in [1.165, 1.54) is 25.7 Å². The third-order valence-electron chi connectivity index (χ3n) is 7.27. The highest BCUT2D eigenvalue weighted by atomic mass is 127. The van der Waals surface area contributed by atoms with Crippen molar-refractivity contribution in [2.45, 2.75) is 49.6 Å². The van der Waals surface area contributed by atoms with Crippen LogP contribution in [0.5, 0.6) is 0 Å². The lowest BCUT2D eigenvalue weighted by Gasteiger charge is -2.48. The molecule has 2 bridgehead atoms. The highest BCUT2D eigenvalue weighted by Gasteiger charge is 2.51. The zero-order valence-electron chi connectivity index (χ0n) is 16.3. The summed E-state index contributed by atoms with van der Waals surface area (Å²) in [6, 6.07) is 24.9. The Morgan fingerprint density at radius 1 is 0.926 bits per heavy atom. The molecule has 1 heterocycles. The van der Waals surface area contributed by atoms with E-state index in [2.05, 4.69) is 68.7 Å². The normalized spacial score (nSPS) is 26.0. The second-order valence-electron chi connectivity index (χ2n) is 8.80. The topological polar surface area (TPSA) is 23.8 Å². The fourth-order valence-corrected chi connectivity index (χ4v) is 5.52. The van der Waals surface area contributed by atoms with E-state index in [1.807, 2.05) is 12.1 Å². The Balaban J connectivity index is 0.00000210. The lowest BCUT2D eigenvalue weighted by molar-refractivity contribution is -0.943. The van der Waals surface area contributed by atoms with E-state index in [0.29, 0.717) is 6.04 Å². The largest absolute Gasteiger partial charge is 1.00 e. The van der Waals surface area contributed by atoms with Crippen molar-refractivity contribution in [3.63, 3.8) is 0 Å². The van der Waals surface area contributed by atoms with Gasteiger partial charge in [0.05, 0.1) is 32.2 Å². The number of hydrogen-bond acceptors (Lipinski definition) is 1. The molecule has 142 valence electrons. The summed E-state index contributed by atoms with van der Waals surface area (Å²) >= 11 is 0. The molecule has 3 unspecified atom stereocenters. The van der Waals surface area contributed by atoms with E-state index < -0.39 is 5.41 Å². The molecule has 1 aliphatic carbocycles. The van der Waals surface area contributed by atoms with Crippen molar-refractivity contribution in [3.8, 4) is 6.07 Å². The molecule has 2 aromatic carbocycles. The highest BCUT2D eigenvalue weighted by molar-refractivity contribution is 5.46. The molecule has 0 spiro atoms. The van der Waals surface area contributed by atoms with E-state index >= 15 is 0 Å². The SMILES string of the molecule is C[N+]1(C)C2CCC(C2)CC1CC(C#N)(c1ccccc1)c1ccccc1.[I-]. The van der Waals surface area contributed by atoms with Gasteiger partial charge in [-0.25, -0.2) is 0 Å². The van der Waals surface area contributed by atoms with Crippen molar-refractivity contribution < 1.29 is 28.5 Å². The standard InChI is InChI=1S/C24H29N2.HI/c1-26(2)22-14-13-19(15-22)16-23(26)17-24(18-25,20-9-5-3-6-10-20)21-11-7-4-8-12-21;/h3-12,19,22-23H,13-17H2,1-2H3;1H/q+1;/p-1. The quantitative estimate of drug-likeness (QED) is 0.493. The van der Waals surface area contributed by atoms with Crippen LogP contribution in [0.15, 0.2) is 60.7 Å². The number of rotatable bonds is 4. The fourth-order valence-electron chi connectivity index (χ4n) is 5.52. The van der Waals surface area contributed by atoms with E-state index in [9.17, 15) is 5.26 Å². The minimum Gasteiger partial charge on any atom is -1.00 e.